The maximum atomic E-state index is 11.8. The van der Waals surface area contributed by atoms with Gasteiger partial charge in [-0.05, 0) is 12.8 Å². The topological polar surface area (TPSA) is 101 Å². The first-order valence-corrected chi connectivity index (χ1v) is 7.91. The molecule has 1 aromatic heterocycles. The molecular formula is C13H20N4O2S. The van der Waals surface area contributed by atoms with Crippen molar-refractivity contribution in [3.8, 4) is 0 Å². The predicted molar refractivity (Wildman–Crippen MR) is 79.6 cm³/mol. The van der Waals surface area contributed by atoms with Crippen LogP contribution in [0.15, 0.2) is 16.0 Å². The number of H-pyrrole nitrogens is 1. The Bertz CT molecular complexity index is 511. The van der Waals surface area contributed by atoms with Crippen molar-refractivity contribution in [1.82, 2.24) is 15.3 Å². The lowest BCUT2D eigenvalue weighted by atomic mass is 9.95. The fourth-order valence-electron chi connectivity index (χ4n) is 2.31. The van der Waals surface area contributed by atoms with E-state index >= 15 is 0 Å². The molecule has 20 heavy (non-hydrogen) atoms. The molecular weight excluding hydrogens is 276 g/mol. The van der Waals surface area contributed by atoms with Crippen LogP contribution in [0.25, 0.3) is 0 Å². The Morgan fingerprint density at radius 1 is 1.45 bits per heavy atom. The Morgan fingerprint density at radius 2 is 2.20 bits per heavy atom. The average molecular weight is 296 g/mol. The standard InChI is InChI=1S/C13H20N4O2S/c14-10-8-12(19)17-13(16-10)20-7-6-11(18)15-9-4-2-1-3-5-9/h8-9H,1-7H2,(H,15,18)(H3,14,16,17,19). The van der Waals surface area contributed by atoms with E-state index in [0.29, 0.717) is 23.4 Å². The van der Waals surface area contributed by atoms with Crippen LogP contribution >= 0.6 is 11.8 Å². The summed E-state index contributed by atoms with van der Waals surface area (Å²) in [6, 6.07) is 1.58. The SMILES string of the molecule is Nc1cc(=O)[nH]c(SCCC(=O)NC2CCCCC2)n1. The number of anilines is 1. The molecule has 0 atom stereocenters. The van der Waals surface area contributed by atoms with Gasteiger partial charge in [-0.2, -0.15) is 0 Å². The van der Waals surface area contributed by atoms with Crippen molar-refractivity contribution in [3.05, 3.63) is 16.4 Å². The number of rotatable bonds is 5. The maximum Gasteiger partial charge on any atom is 0.253 e. The van der Waals surface area contributed by atoms with Crippen molar-refractivity contribution in [2.24, 2.45) is 0 Å². The van der Waals surface area contributed by atoms with Gasteiger partial charge in [0, 0.05) is 24.3 Å². The smallest absolute Gasteiger partial charge is 0.253 e. The van der Waals surface area contributed by atoms with Crippen LogP contribution in [-0.4, -0.2) is 27.7 Å². The first-order valence-electron chi connectivity index (χ1n) is 6.92. The van der Waals surface area contributed by atoms with Crippen LogP contribution in [-0.2, 0) is 4.79 Å². The molecule has 6 nitrogen and oxygen atoms in total. The fourth-order valence-corrected chi connectivity index (χ4v) is 3.13. The third-order valence-electron chi connectivity index (χ3n) is 3.28. The summed E-state index contributed by atoms with van der Waals surface area (Å²) in [5.41, 5.74) is 5.22. The van der Waals surface area contributed by atoms with Gasteiger partial charge in [0.05, 0.1) is 0 Å². The van der Waals surface area contributed by atoms with Crippen LogP contribution in [0.1, 0.15) is 38.5 Å². The van der Waals surface area contributed by atoms with Crippen molar-refractivity contribution in [1.29, 1.82) is 0 Å². The van der Waals surface area contributed by atoms with E-state index in [0.717, 1.165) is 12.8 Å². The normalized spacial score (nSPS) is 16.0. The second kappa shape index (κ2) is 7.33. The molecule has 0 aromatic carbocycles. The number of nitrogens with one attached hydrogen (secondary N) is 2. The number of nitrogens with two attached hydrogens (primary N) is 1. The Balaban J connectivity index is 1.72. The molecule has 1 aromatic rings. The van der Waals surface area contributed by atoms with Gasteiger partial charge in [0.15, 0.2) is 5.16 Å². The molecule has 110 valence electrons. The molecule has 7 heteroatoms. The lowest BCUT2D eigenvalue weighted by molar-refractivity contribution is -0.121. The van der Waals surface area contributed by atoms with Crippen LogP contribution in [0.3, 0.4) is 0 Å². The Hall–Kier alpha value is -1.50. The van der Waals surface area contributed by atoms with E-state index in [1.807, 2.05) is 0 Å². The number of nitrogen functional groups attached to an aromatic ring is 1. The van der Waals surface area contributed by atoms with E-state index in [4.69, 9.17) is 5.73 Å². The molecule has 0 unspecified atom stereocenters. The van der Waals surface area contributed by atoms with Crippen LogP contribution < -0.4 is 16.6 Å². The Morgan fingerprint density at radius 3 is 2.90 bits per heavy atom. The summed E-state index contributed by atoms with van der Waals surface area (Å²) in [4.78, 5) is 29.6. The second-order valence-electron chi connectivity index (χ2n) is 4.98. The van der Waals surface area contributed by atoms with Crippen molar-refractivity contribution >= 4 is 23.5 Å². The van der Waals surface area contributed by atoms with Gasteiger partial charge in [0.25, 0.3) is 5.56 Å². The lowest BCUT2D eigenvalue weighted by Gasteiger charge is -2.22. The van der Waals surface area contributed by atoms with Crippen molar-refractivity contribution < 1.29 is 4.79 Å². The third kappa shape index (κ3) is 4.88. The number of carbonyl (C=O) groups excluding carboxylic acids is 1. The predicted octanol–water partition coefficient (Wildman–Crippen LogP) is 1.28. The van der Waals surface area contributed by atoms with Crippen molar-refractivity contribution in [2.45, 2.75) is 49.7 Å². The summed E-state index contributed by atoms with van der Waals surface area (Å²) in [6.45, 7) is 0. The van der Waals surface area contributed by atoms with Gasteiger partial charge in [-0.1, -0.05) is 31.0 Å². The largest absolute Gasteiger partial charge is 0.383 e. The zero-order valence-corrected chi connectivity index (χ0v) is 12.2. The number of carbonyl (C=O) groups is 1. The maximum absolute atomic E-state index is 11.8. The fraction of sp³-hybridized carbons (Fsp3) is 0.615. The van der Waals surface area contributed by atoms with Gasteiger partial charge in [0.2, 0.25) is 5.91 Å². The number of aromatic amines is 1. The average Bonchev–Trinajstić information content (AvgIpc) is 2.38. The Labute approximate surface area is 121 Å². The molecule has 2 rings (SSSR count). The Kier molecular flexibility index (Phi) is 5.46. The quantitative estimate of drug-likeness (QED) is 0.561. The number of hydrogen-bond acceptors (Lipinski definition) is 5. The molecule has 4 N–H and O–H groups in total. The van der Waals surface area contributed by atoms with E-state index in [9.17, 15) is 9.59 Å². The molecule has 1 saturated carbocycles. The minimum Gasteiger partial charge on any atom is -0.383 e. The monoisotopic (exact) mass is 296 g/mol. The zero-order valence-electron chi connectivity index (χ0n) is 11.4. The van der Waals surface area contributed by atoms with E-state index in [1.54, 1.807) is 0 Å². The summed E-state index contributed by atoms with van der Waals surface area (Å²) in [7, 11) is 0. The second-order valence-corrected chi connectivity index (χ2v) is 6.06. The summed E-state index contributed by atoms with van der Waals surface area (Å²) in [6.07, 6.45) is 6.27. The molecule has 0 spiro atoms. The molecule has 0 aliphatic heterocycles. The summed E-state index contributed by atoms with van der Waals surface area (Å²) in [5, 5.41) is 3.52. The number of aromatic nitrogens is 2. The van der Waals surface area contributed by atoms with E-state index in [-0.39, 0.29) is 17.3 Å². The van der Waals surface area contributed by atoms with Crippen molar-refractivity contribution in [2.75, 3.05) is 11.5 Å². The third-order valence-corrected chi connectivity index (χ3v) is 4.15. The summed E-state index contributed by atoms with van der Waals surface area (Å²) >= 11 is 1.33. The number of amides is 1. The molecule has 1 amide bonds. The highest BCUT2D eigenvalue weighted by atomic mass is 32.2. The zero-order chi connectivity index (χ0) is 14.4. The van der Waals surface area contributed by atoms with Gasteiger partial charge in [-0.25, -0.2) is 4.98 Å². The highest BCUT2D eigenvalue weighted by Gasteiger charge is 2.15. The van der Waals surface area contributed by atoms with Gasteiger partial charge in [-0.3, -0.25) is 9.59 Å². The lowest BCUT2D eigenvalue weighted by Crippen LogP contribution is -2.36. The van der Waals surface area contributed by atoms with Gasteiger partial charge >= 0.3 is 0 Å². The van der Waals surface area contributed by atoms with E-state index in [2.05, 4.69) is 15.3 Å². The van der Waals surface area contributed by atoms with E-state index in [1.165, 1.54) is 37.1 Å². The molecule has 0 bridgehead atoms. The summed E-state index contributed by atoms with van der Waals surface area (Å²) in [5.74, 6) is 0.837. The van der Waals surface area contributed by atoms with Crippen LogP contribution in [0.5, 0.6) is 0 Å². The minimum absolute atomic E-state index is 0.0654. The number of thioether (sulfide) groups is 1. The van der Waals surface area contributed by atoms with Gasteiger partial charge in [0.1, 0.15) is 5.82 Å². The molecule has 0 saturated heterocycles. The van der Waals surface area contributed by atoms with Crippen molar-refractivity contribution in [3.63, 3.8) is 0 Å². The molecule has 1 aliphatic rings. The highest BCUT2D eigenvalue weighted by molar-refractivity contribution is 7.99. The first-order chi connectivity index (χ1) is 9.63. The number of nitrogens with zero attached hydrogens (tertiary/aromatic N) is 1. The van der Waals surface area contributed by atoms with Crippen LogP contribution in [0.4, 0.5) is 5.82 Å². The van der Waals surface area contributed by atoms with Gasteiger partial charge in [-0.15, -0.1) is 0 Å². The molecule has 1 heterocycles. The van der Waals surface area contributed by atoms with Crippen LogP contribution in [0.2, 0.25) is 0 Å². The van der Waals surface area contributed by atoms with Gasteiger partial charge < -0.3 is 16.0 Å². The first kappa shape index (κ1) is 14.9. The molecule has 1 fully saturated rings. The highest BCUT2D eigenvalue weighted by Crippen LogP contribution is 2.18. The van der Waals surface area contributed by atoms with Crippen LogP contribution in [0, 0.1) is 0 Å². The van der Waals surface area contributed by atoms with E-state index < -0.39 is 0 Å². The minimum atomic E-state index is -0.272. The summed E-state index contributed by atoms with van der Waals surface area (Å²) < 4.78 is 0. The number of hydrogen-bond donors (Lipinski definition) is 3. The molecule has 0 radical (unpaired) electrons. The molecule has 1 aliphatic carbocycles.